The van der Waals surface area contributed by atoms with Crippen molar-refractivity contribution < 1.29 is 24.1 Å². The van der Waals surface area contributed by atoms with Crippen LogP contribution >= 0.6 is 24.0 Å². The number of non-ortho nitro benzene ring substituents is 2. The largest absolute Gasteiger partial charge is 0.490 e. The Morgan fingerprint density at radius 3 is 2.35 bits per heavy atom. The average Bonchev–Trinajstić information content (AvgIpc) is 3.16. The number of ether oxygens (including phenoxy) is 2. The number of nitro benzene ring substituents is 2. The third-order valence-electron chi connectivity index (χ3n) is 5.20. The topological polar surface area (TPSA) is 125 Å². The number of amides is 1. The SMILES string of the molecule is CCOc1cc(/C=C2\SC(=S)N(c3cccc([N+](=O)[O-])c3)C2=O)ccc1OCc1ccc([N+](=O)[O-])cc1. The molecule has 12 heteroatoms. The normalized spacial score (nSPS) is 14.2. The summed E-state index contributed by atoms with van der Waals surface area (Å²) in [5, 5.41) is 21.9. The van der Waals surface area contributed by atoms with Crippen LogP contribution in [0.3, 0.4) is 0 Å². The predicted molar refractivity (Wildman–Crippen MR) is 144 cm³/mol. The molecule has 0 spiro atoms. The van der Waals surface area contributed by atoms with Crippen molar-refractivity contribution in [1.29, 1.82) is 0 Å². The van der Waals surface area contributed by atoms with Crippen LogP contribution in [0, 0.1) is 20.2 Å². The number of nitro groups is 2. The van der Waals surface area contributed by atoms with Gasteiger partial charge in [-0.1, -0.05) is 36.1 Å². The number of carbonyl (C=O) groups is 1. The quantitative estimate of drug-likeness (QED) is 0.142. The van der Waals surface area contributed by atoms with Crippen molar-refractivity contribution in [2.24, 2.45) is 0 Å². The van der Waals surface area contributed by atoms with E-state index in [1.165, 1.54) is 35.2 Å². The van der Waals surface area contributed by atoms with Crippen molar-refractivity contribution in [1.82, 2.24) is 0 Å². The van der Waals surface area contributed by atoms with Gasteiger partial charge in [-0.3, -0.25) is 29.9 Å². The Morgan fingerprint density at radius 2 is 1.68 bits per heavy atom. The summed E-state index contributed by atoms with van der Waals surface area (Å²) < 4.78 is 11.9. The van der Waals surface area contributed by atoms with E-state index in [0.29, 0.717) is 34.3 Å². The van der Waals surface area contributed by atoms with Gasteiger partial charge in [-0.2, -0.15) is 0 Å². The van der Waals surface area contributed by atoms with E-state index in [4.69, 9.17) is 21.7 Å². The van der Waals surface area contributed by atoms with Crippen LogP contribution in [0.15, 0.2) is 71.6 Å². The van der Waals surface area contributed by atoms with E-state index >= 15 is 0 Å². The lowest BCUT2D eigenvalue weighted by molar-refractivity contribution is -0.385. The fourth-order valence-corrected chi connectivity index (χ4v) is 4.76. The van der Waals surface area contributed by atoms with Crippen molar-refractivity contribution >= 4 is 57.3 Å². The molecule has 3 aromatic rings. The van der Waals surface area contributed by atoms with Gasteiger partial charge in [-0.25, -0.2) is 0 Å². The fourth-order valence-electron chi connectivity index (χ4n) is 3.46. The van der Waals surface area contributed by atoms with Gasteiger partial charge in [0.05, 0.1) is 27.0 Å². The van der Waals surface area contributed by atoms with Crippen LogP contribution in [-0.4, -0.2) is 26.7 Å². The molecule has 1 fully saturated rings. The zero-order valence-corrected chi connectivity index (χ0v) is 21.0. The monoisotopic (exact) mass is 537 g/mol. The van der Waals surface area contributed by atoms with Crippen LogP contribution in [0.5, 0.6) is 11.5 Å². The van der Waals surface area contributed by atoms with Gasteiger partial charge in [0, 0.05) is 24.3 Å². The minimum Gasteiger partial charge on any atom is -0.490 e. The van der Waals surface area contributed by atoms with Gasteiger partial charge in [0.2, 0.25) is 0 Å². The van der Waals surface area contributed by atoms with E-state index in [1.54, 1.807) is 42.5 Å². The number of rotatable bonds is 9. The molecule has 0 aliphatic carbocycles. The highest BCUT2D eigenvalue weighted by atomic mass is 32.2. The molecule has 3 aromatic carbocycles. The van der Waals surface area contributed by atoms with Crippen molar-refractivity contribution in [3.8, 4) is 11.5 Å². The molecule has 0 saturated carbocycles. The molecule has 0 atom stereocenters. The van der Waals surface area contributed by atoms with Crippen LogP contribution < -0.4 is 14.4 Å². The molecule has 37 heavy (non-hydrogen) atoms. The highest BCUT2D eigenvalue weighted by Gasteiger charge is 2.34. The van der Waals surface area contributed by atoms with Crippen molar-refractivity contribution in [2.75, 3.05) is 11.5 Å². The second-order valence-corrected chi connectivity index (χ2v) is 9.32. The summed E-state index contributed by atoms with van der Waals surface area (Å²) in [6, 6.07) is 17.0. The number of hydrogen-bond donors (Lipinski definition) is 0. The summed E-state index contributed by atoms with van der Waals surface area (Å²) >= 11 is 6.47. The van der Waals surface area contributed by atoms with E-state index in [0.717, 1.165) is 17.3 Å². The number of carbonyl (C=O) groups excluding carboxylic acids is 1. The van der Waals surface area contributed by atoms with Gasteiger partial charge < -0.3 is 9.47 Å². The van der Waals surface area contributed by atoms with Crippen molar-refractivity contribution in [3.63, 3.8) is 0 Å². The highest BCUT2D eigenvalue weighted by Crippen LogP contribution is 2.38. The fraction of sp³-hybridized carbons (Fsp3) is 0.120. The Kier molecular flexibility index (Phi) is 7.80. The highest BCUT2D eigenvalue weighted by molar-refractivity contribution is 8.27. The molecule has 0 unspecified atom stereocenters. The Labute approximate surface area is 220 Å². The molecular weight excluding hydrogens is 518 g/mol. The minimum absolute atomic E-state index is 0.000917. The van der Waals surface area contributed by atoms with Crippen LogP contribution in [-0.2, 0) is 11.4 Å². The number of benzene rings is 3. The predicted octanol–water partition coefficient (Wildman–Crippen LogP) is 5.89. The summed E-state index contributed by atoms with van der Waals surface area (Å²) in [6.45, 7) is 2.39. The van der Waals surface area contributed by atoms with E-state index in [2.05, 4.69) is 0 Å². The van der Waals surface area contributed by atoms with Gasteiger partial charge in [-0.05, 0) is 54.5 Å². The second kappa shape index (κ2) is 11.2. The van der Waals surface area contributed by atoms with Gasteiger partial charge in [-0.15, -0.1) is 0 Å². The molecule has 4 rings (SSSR count). The third kappa shape index (κ3) is 5.93. The molecule has 0 aromatic heterocycles. The third-order valence-corrected chi connectivity index (χ3v) is 6.50. The average molecular weight is 538 g/mol. The maximum absolute atomic E-state index is 13.1. The first-order chi connectivity index (χ1) is 17.8. The van der Waals surface area contributed by atoms with Gasteiger partial charge in [0.15, 0.2) is 15.8 Å². The molecule has 1 aliphatic heterocycles. The van der Waals surface area contributed by atoms with Crippen LogP contribution in [0.2, 0.25) is 0 Å². The lowest BCUT2D eigenvalue weighted by Gasteiger charge is -2.14. The first-order valence-electron chi connectivity index (χ1n) is 10.9. The first-order valence-corrected chi connectivity index (χ1v) is 12.1. The van der Waals surface area contributed by atoms with E-state index < -0.39 is 9.85 Å². The van der Waals surface area contributed by atoms with Crippen molar-refractivity contribution in [3.05, 3.63) is 103 Å². The molecule has 0 bridgehead atoms. The zero-order chi connectivity index (χ0) is 26.5. The number of anilines is 1. The number of thioether (sulfide) groups is 1. The smallest absolute Gasteiger partial charge is 0.271 e. The summed E-state index contributed by atoms with van der Waals surface area (Å²) in [6.07, 6.45) is 1.67. The van der Waals surface area contributed by atoms with Crippen LogP contribution in [0.25, 0.3) is 6.08 Å². The van der Waals surface area contributed by atoms with Crippen LogP contribution in [0.4, 0.5) is 17.1 Å². The first kappa shape index (κ1) is 25.8. The Balaban J connectivity index is 1.53. The second-order valence-electron chi connectivity index (χ2n) is 7.65. The number of thiocarbonyl (C=S) groups is 1. The van der Waals surface area contributed by atoms with E-state index in [-0.39, 0.29) is 28.2 Å². The number of hydrogen-bond acceptors (Lipinski definition) is 9. The Morgan fingerprint density at radius 1 is 0.946 bits per heavy atom. The standard InChI is InChI=1S/C25H19N3O7S2/c1-2-34-22-12-17(8-11-21(22)35-15-16-6-9-18(10-7-16)27(30)31)13-23-24(29)26(25(36)37-23)19-4-3-5-20(14-19)28(32)33/h3-14H,2,15H2,1H3/b23-13-. The van der Waals surface area contributed by atoms with E-state index in [1.807, 2.05) is 6.92 Å². The molecule has 0 N–H and O–H groups in total. The maximum Gasteiger partial charge on any atom is 0.271 e. The molecule has 10 nitrogen and oxygen atoms in total. The van der Waals surface area contributed by atoms with E-state index in [9.17, 15) is 25.0 Å². The molecule has 1 heterocycles. The number of nitrogens with zero attached hydrogens (tertiary/aromatic N) is 3. The van der Waals surface area contributed by atoms with Crippen molar-refractivity contribution in [2.45, 2.75) is 13.5 Å². The summed E-state index contributed by atoms with van der Waals surface area (Å²) in [5.41, 5.74) is 1.61. The van der Waals surface area contributed by atoms with Gasteiger partial charge in [0.25, 0.3) is 17.3 Å². The summed E-state index contributed by atoms with van der Waals surface area (Å²) in [5.74, 6) is 0.556. The maximum atomic E-state index is 13.1. The molecule has 1 amide bonds. The molecule has 0 radical (unpaired) electrons. The van der Waals surface area contributed by atoms with Gasteiger partial charge >= 0.3 is 0 Å². The summed E-state index contributed by atoms with van der Waals surface area (Å²) in [4.78, 5) is 35.7. The molecular formula is C25H19N3O7S2. The zero-order valence-electron chi connectivity index (χ0n) is 19.4. The molecule has 1 aliphatic rings. The molecule has 188 valence electrons. The summed E-state index contributed by atoms with van der Waals surface area (Å²) in [7, 11) is 0. The Hall–Kier alpha value is -4.29. The minimum atomic E-state index is -0.530. The Bertz CT molecular complexity index is 1420. The lowest BCUT2D eigenvalue weighted by atomic mass is 10.1. The van der Waals surface area contributed by atoms with Crippen LogP contribution in [0.1, 0.15) is 18.1 Å². The molecule has 1 saturated heterocycles. The lowest BCUT2D eigenvalue weighted by Crippen LogP contribution is -2.27. The van der Waals surface area contributed by atoms with Gasteiger partial charge in [0.1, 0.15) is 6.61 Å².